The number of nitrogens with zero attached hydrogens (tertiary/aromatic N) is 1. The van der Waals surface area contributed by atoms with Gasteiger partial charge in [0, 0.05) is 11.3 Å². The maximum atomic E-state index is 11.6. The lowest BCUT2D eigenvalue weighted by atomic mass is 10.3. The number of aromatic nitrogens is 1. The summed E-state index contributed by atoms with van der Waals surface area (Å²) >= 11 is 1.49. The molecule has 5 heteroatoms. The van der Waals surface area contributed by atoms with Gasteiger partial charge in [0.25, 0.3) is 0 Å². The van der Waals surface area contributed by atoms with Crippen molar-refractivity contribution in [2.75, 3.05) is 5.32 Å². The Balaban J connectivity index is 1.68. The molecule has 1 amide bonds. The highest BCUT2D eigenvalue weighted by atomic mass is 32.1. The van der Waals surface area contributed by atoms with Crippen molar-refractivity contribution in [1.82, 2.24) is 4.98 Å². The summed E-state index contributed by atoms with van der Waals surface area (Å²) in [7, 11) is 0. The number of amides is 1. The fourth-order valence-electron chi connectivity index (χ4n) is 1.49. The van der Waals surface area contributed by atoms with Crippen LogP contribution < -0.4 is 11.1 Å². The van der Waals surface area contributed by atoms with Crippen LogP contribution in [0.15, 0.2) is 5.38 Å². The minimum atomic E-state index is -0.606. The molecule has 3 N–H and O–H groups in total. The molecule has 1 aromatic rings. The normalized spacial score (nSPS) is 22.5. The second-order valence-electron chi connectivity index (χ2n) is 4.46. The highest BCUT2D eigenvalue weighted by Crippen LogP contribution is 2.41. The zero-order valence-electron chi connectivity index (χ0n) is 8.32. The van der Waals surface area contributed by atoms with Crippen molar-refractivity contribution in [3.8, 4) is 0 Å². The van der Waals surface area contributed by atoms with Crippen molar-refractivity contribution >= 4 is 22.4 Å². The predicted octanol–water partition coefficient (Wildman–Crippen LogP) is 1.45. The highest BCUT2D eigenvalue weighted by molar-refractivity contribution is 7.14. The summed E-state index contributed by atoms with van der Waals surface area (Å²) in [6.07, 6.45) is 4.05. The van der Waals surface area contributed by atoms with Gasteiger partial charge in [0.1, 0.15) is 0 Å². The molecule has 0 radical (unpaired) electrons. The Morgan fingerprint density at radius 3 is 2.93 bits per heavy atom. The van der Waals surface area contributed by atoms with Gasteiger partial charge in [-0.15, -0.1) is 11.3 Å². The van der Waals surface area contributed by atoms with E-state index in [9.17, 15) is 4.79 Å². The van der Waals surface area contributed by atoms with Crippen molar-refractivity contribution in [3.05, 3.63) is 11.1 Å². The first-order chi connectivity index (χ1) is 7.17. The molecule has 0 saturated heterocycles. The van der Waals surface area contributed by atoms with Crippen LogP contribution in [0, 0.1) is 0 Å². The van der Waals surface area contributed by atoms with Gasteiger partial charge in [0.05, 0.1) is 11.2 Å². The largest absolute Gasteiger partial charge is 0.317 e. The summed E-state index contributed by atoms with van der Waals surface area (Å²) in [5, 5.41) is 5.52. The molecule has 2 fully saturated rings. The van der Waals surface area contributed by atoms with Gasteiger partial charge in [-0.2, -0.15) is 0 Å². The first-order valence-corrected chi connectivity index (χ1v) is 6.11. The molecule has 15 heavy (non-hydrogen) atoms. The molecule has 0 aliphatic heterocycles. The van der Waals surface area contributed by atoms with Crippen molar-refractivity contribution in [2.45, 2.75) is 37.1 Å². The molecule has 80 valence electrons. The zero-order valence-corrected chi connectivity index (χ0v) is 9.14. The van der Waals surface area contributed by atoms with E-state index in [2.05, 4.69) is 10.3 Å². The SMILES string of the molecule is NC1(C(=O)Nc2nc(C3CC3)cs2)CC1. The minimum absolute atomic E-state index is 0.0841. The molecule has 0 aromatic carbocycles. The summed E-state index contributed by atoms with van der Waals surface area (Å²) in [6.45, 7) is 0. The monoisotopic (exact) mass is 223 g/mol. The third-order valence-electron chi connectivity index (χ3n) is 2.98. The topological polar surface area (TPSA) is 68.0 Å². The van der Waals surface area contributed by atoms with E-state index in [1.165, 1.54) is 24.2 Å². The van der Waals surface area contributed by atoms with E-state index in [4.69, 9.17) is 5.73 Å². The van der Waals surface area contributed by atoms with Crippen molar-refractivity contribution < 1.29 is 4.79 Å². The van der Waals surface area contributed by atoms with Crippen LogP contribution in [0.5, 0.6) is 0 Å². The Kier molecular flexibility index (Phi) is 1.87. The van der Waals surface area contributed by atoms with Crippen LogP contribution in [-0.2, 0) is 4.79 Å². The lowest BCUT2D eigenvalue weighted by Gasteiger charge is -2.06. The number of rotatable bonds is 3. The molecule has 2 saturated carbocycles. The second-order valence-corrected chi connectivity index (χ2v) is 5.32. The van der Waals surface area contributed by atoms with E-state index in [0.717, 1.165) is 18.5 Å². The Bertz CT molecular complexity index is 407. The van der Waals surface area contributed by atoms with Crippen LogP contribution in [0.25, 0.3) is 0 Å². The zero-order chi connectivity index (χ0) is 10.5. The quantitative estimate of drug-likeness (QED) is 0.815. The fraction of sp³-hybridized carbons (Fsp3) is 0.600. The molecular formula is C10H13N3OS. The van der Waals surface area contributed by atoms with Crippen LogP contribution in [0.2, 0.25) is 0 Å². The van der Waals surface area contributed by atoms with Gasteiger partial charge in [-0.25, -0.2) is 4.98 Å². The third kappa shape index (κ3) is 1.77. The van der Waals surface area contributed by atoms with Gasteiger partial charge in [0.2, 0.25) is 5.91 Å². The smallest absolute Gasteiger partial charge is 0.246 e. The Morgan fingerprint density at radius 2 is 2.33 bits per heavy atom. The summed E-state index contributed by atoms with van der Waals surface area (Å²) in [4.78, 5) is 16.0. The van der Waals surface area contributed by atoms with E-state index in [1.54, 1.807) is 0 Å². The van der Waals surface area contributed by atoms with E-state index >= 15 is 0 Å². The van der Waals surface area contributed by atoms with Gasteiger partial charge >= 0.3 is 0 Å². The van der Waals surface area contributed by atoms with Gasteiger partial charge in [0.15, 0.2) is 5.13 Å². The number of anilines is 1. The molecule has 1 heterocycles. The van der Waals surface area contributed by atoms with E-state index in [-0.39, 0.29) is 5.91 Å². The second kappa shape index (κ2) is 3.02. The fourth-order valence-corrected chi connectivity index (χ4v) is 2.28. The van der Waals surface area contributed by atoms with Gasteiger partial charge < -0.3 is 11.1 Å². The maximum absolute atomic E-state index is 11.6. The lowest BCUT2D eigenvalue weighted by molar-refractivity contribution is -0.118. The molecule has 0 bridgehead atoms. The van der Waals surface area contributed by atoms with E-state index in [1.807, 2.05) is 5.38 Å². The molecule has 3 rings (SSSR count). The molecule has 2 aliphatic carbocycles. The number of carbonyl (C=O) groups excluding carboxylic acids is 1. The minimum Gasteiger partial charge on any atom is -0.317 e. The molecule has 0 atom stereocenters. The average molecular weight is 223 g/mol. The van der Waals surface area contributed by atoms with Gasteiger partial charge in [-0.1, -0.05) is 0 Å². The molecule has 0 unspecified atom stereocenters. The van der Waals surface area contributed by atoms with Crippen LogP contribution >= 0.6 is 11.3 Å². The Labute approximate surface area is 91.9 Å². The predicted molar refractivity (Wildman–Crippen MR) is 58.9 cm³/mol. The number of hydrogen-bond donors (Lipinski definition) is 2. The molecule has 2 aliphatic rings. The number of hydrogen-bond acceptors (Lipinski definition) is 4. The van der Waals surface area contributed by atoms with Gasteiger partial charge in [-0.3, -0.25) is 4.79 Å². The average Bonchev–Trinajstić information content (AvgIpc) is 3.11. The molecular weight excluding hydrogens is 210 g/mol. The lowest BCUT2D eigenvalue weighted by Crippen LogP contribution is -2.37. The summed E-state index contributed by atoms with van der Waals surface area (Å²) < 4.78 is 0. The maximum Gasteiger partial charge on any atom is 0.246 e. The number of nitrogens with one attached hydrogen (secondary N) is 1. The first kappa shape index (κ1) is 9.30. The van der Waals surface area contributed by atoms with Crippen LogP contribution in [-0.4, -0.2) is 16.4 Å². The standard InChI is InChI=1S/C10H13N3OS/c11-10(3-4-10)8(14)13-9-12-7(5-15-9)6-1-2-6/h5-6H,1-4,11H2,(H,12,13,14). The van der Waals surface area contributed by atoms with Crippen molar-refractivity contribution in [2.24, 2.45) is 5.73 Å². The summed E-state index contributed by atoms with van der Waals surface area (Å²) in [5.41, 5.74) is 6.30. The van der Waals surface area contributed by atoms with Crippen LogP contribution in [0.4, 0.5) is 5.13 Å². The van der Waals surface area contributed by atoms with E-state index < -0.39 is 5.54 Å². The summed E-state index contributed by atoms with van der Waals surface area (Å²) in [5.74, 6) is 0.555. The van der Waals surface area contributed by atoms with Crippen molar-refractivity contribution in [1.29, 1.82) is 0 Å². The Hall–Kier alpha value is -0.940. The number of thiazole rings is 1. The summed E-state index contributed by atoms with van der Waals surface area (Å²) in [6, 6.07) is 0. The molecule has 4 nitrogen and oxygen atoms in total. The first-order valence-electron chi connectivity index (χ1n) is 5.23. The molecule has 0 spiro atoms. The van der Waals surface area contributed by atoms with Crippen LogP contribution in [0.3, 0.4) is 0 Å². The Morgan fingerprint density at radius 1 is 1.60 bits per heavy atom. The third-order valence-corrected chi connectivity index (χ3v) is 3.75. The van der Waals surface area contributed by atoms with Gasteiger partial charge in [-0.05, 0) is 25.7 Å². The number of nitrogens with two attached hydrogens (primary N) is 1. The van der Waals surface area contributed by atoms with Crippen molar-refractivity contribution in [3.63, 3.8) is 0 Å². The molecule has 1 aromatic heterocycles. The van der Waals surface area contributed by atoms with E-state index in [0.29, 0.717) is 11.0 Å². The number of carbonyl (C=O) groups is 1. The van der Waals surface area contributed by atoms with Crippen LogP contribution in [0.1, 0.15) is 37.3 Å². The highest BCUT2D eigenvalue weighted by Gasteiger charge is 2.46.